The molecule has 2 aliphatic rings. The Morgan fingerprint density at radius 2 is 1.95 bits per heavy atom. The van der Waals surface area contributed by atoms with Gasteiger partial charge in [0.25, 0.3) is 0 Å². The molecule has 1 aliphatic heterocycles. The van der Waals surface area contributed by atoms with Crippen LogP contribution in [-0.2, 0) is 0 Å². The molecule has 3 unspecified atom stereocenters. The van der Waals surface area contributed by atoms with E-state index in [1.807, 2.05) is 6.92 Å². The molecule has 0 amide bonds. The molecule has 2 N–H and O–H groups in total. The van der Waals surface area contributed by atoms with Gasteiger partial charge in [-0.25, -0.2) is 0 Å². The summed E-state index contributed by atoms with van der Waals surface area (Å²) < 4.78 is 1.15. The molecule has 0 radical (unpaired) electrons. The Kier molecular flexibility index (Phi) is 4.37. The number of nitrogens with zero attached hydrogens (tertiary/aromatic N) is 1. The van der Waals surface area contributed by atoms with Crippen molar-refractivity contribution in [2.75, 3.05) is 18.0 Å². The highest BCUT2D eigenvalue weighted by atomic mass is 79.9. The highest BCUT2D eigenvalue weighted by molar-refractivity contribution is 9.10. The number of nitrogens with two attached hydrogens (primary N) is 1. The van der Waals surface area contributed by atoms with E-state index in [4.69, 9.17) is 5.73 Å². The van der Waals surface area contributed by atoms with Crippen molar-refractivity contribution in [1.29, 1.82) is 0 Å². The Morgan fingerprint density at radius 1 is 1.20 bits per heavy atom. The number of anilines is 1. The predicted molar refractivity (Wildman–Crippen MR) is 89.0 cm³/mol. The maximum Gasteiger partial charge on any atom is 0.0377 e. The van der Waals surface area contributed by atoms with Gasteiger partial charge in [0.05, 0.1) is 0 Å². The van der Waals surface area contributed by atoms with Crippen molar-refractivity contribution in [3.8, 4) is 0 Å². The highest BCUT2D eigenvalue weighted by Gasteiger charge is 2.31. The predicted octanol–water partition coefficient (Wildman–Crippen LogP) is 4.49. The van der Waals surface area contributed by atoms with Gasteiger partial charge in [0.15, 0.2) is 0 Å². The second-order valence-corrected chi connectivity index (χ2v) is 7.39. The smallest absolute Gasteiger partial charge is 0.0377 e. The molecule has 20 heavy (non-hydrogen) atoms. The minimum Gasteiger partial charge on any atom is -0.371 e. The molecule has 3 rings (SSSR count). The first kappa shape index (κ1) is 14.4. The van der Waals surface area contributed by atoms with Gasteiger partial charge in [0.1, 0.15) is 0 Å². The average molecular weight is 337 g/mol. The molecule has 1 aromatic rings. The summed E-state index contributed by atoms with van der Waals surface area (Å²) in [5, 5.41) is 0. The topological polar surface area (TPSA) is 29.3 Å². The molecule has 0 bridgehead atoms. The van der Waals surface area contributed by atoms with E-state index in [2.05, 4.69) is 39.0 Å². The zero-order chi connectivity index (χ0) is 14.1. The fourth-order valence-electron chi connectivity index (χ4n) is 3.92. The summed E-state index contributed by atoms with van der Waals surface area (Å²) in [6.45, 7) is 4.49. The van der Waals surface area contributed by atoms with Crippen LogP contribution in [0.2, 0.25) is 0 Å². The van der Waals surface area contributed by atoms with Gasteiger partial charge >= 0.3 is 0 Å². The fourth-order valence-corrected chi connectivity index (χ4v) is 4.65. The lowest BCUT2D eigenvalue weighted by Crippen LogP contribution is -2.41. The van der Waals surface area contributed by atoms with E-state index in [9.17, 15) is 0 Å². The SMILES string of the molecule is CC(N)c1ccc(N2CCC3CCCCC3C2)cc1Br. The van der Waals surface area contributed by atoms with Gasteiger partial charge in [-0.3, -0.25) is 0 Å². The Hall–Kier alpha value is -0.540. The molecular weight excluding hydrogens is 312 g/mol. The van der Waals surface area contributed by atoms with Crippen LogP contribution < -0.4 is 10.6 Å². The number of hydrogen-bond donors (Lipinski definition) is 1. The van der Waals surface area contributed by atoms with E-state index in [0.717, 1.165) is 16.3 Å². The van der Waals surface area contributed by atoms with Gasteiger partial charge < -0.3 is 10.6 Å². The number of fused-ring (bicyclic) bond motifs is 1. The third-order valence-electron chi connectivity index (χ3n) is 5.13. The molecule has 1 heterocycles. The fraction of sp³-hybridized carbons (Fsp3) is 0.647. The van der Waals surface area contributed by atoms with Crippen molar-refractivity contribution < 1.29 is 0 Å². The van der Waals surface area contributed by atoms with Crippen LogP contribution in [0.25, 0.3) is 0 Å². The normalized spacial score (nSPS) is 28.1. The average Bonchev–Trinajstić information content (AvgIpc) is 2.46. The summed E-state index contributed by atoms with van der Waals surface area (Å²) in [5.41, 5.74) is 8.53. The molecular formula is C17H25BrN2. The lowest BCUT2D eigenvalue weighted by Gasteiger charge is -2.42. The third-order valence-corrected chi connectivity index (χ3v) is 5.82. The second-order valence-electron chi connectivity index (χ2n) is 6.53. The summed E-state index contributed by atoms with van der Waals surface area (Å²) in [7, 11) is 0. The van der Waals surface area contributed by atoms with Gasteiger partial charge in [-0.15, -0.1) is 0 Å². The van der Waals surface area contributed by atoms with Crippen molar-refractivity contribution in [3.05, 3.63) is 28.2 Å². The largest absolute Gasteiger partial charge is 0.371 e. The molecule has 110 valence electrons. The second kappa shape index (κ2) is 6.07. The van der Waals surface area contributed by atoms with Crippen LogP contribution in [-0.4, -0.2) is 13.1 Å². The van der Waals surface area contributed by atoms with Crippen molar-refractivity contribution in [3.63, 3.8) is 0 Å². The molecule has 2 nitrogen and oxygen atoms in total. The number of benzene rings is 1. The van der Waals surface area contributed by atoms with Gasteiger partial charge in [-0.05, 0) is 49.3 Å². The van der Waals surface area contributed by atoms with Crippen molar-refractivity contribution in [2.24, 2.45) is 17.6 Å². The standard InChI is InChI=1S/C17H25BrN2/c1-12(19)16-7-6-15(10-17(16)18)20-9-8-13-4-2-3-5-14(13)11-20/h6-7,10,12-14H,2-5,8-9,11,19H2,1H3. The van der Waals surface area contributed by atoms with E-state index in [-0.39, 0.29) is 6.04 Å². The van der Waals surface area contributed by atoms with Crippen LogP contribution in [0.5, 0.6) is 0 Å². The number of halogens is 1. The van der Waals surface area contributed by atoms with Crippen LogP contribution in [0.4, 0.5) is 5.69 Å². The van der Waals surface area contributed by atoms with Crippen LogP contribution >= 0.6 is 15.9 Å². The van der Waals surface area contributed by atoms with Crippen LogP contribution in [0.1, 0.15) is 50.6 Å². The molecule has 3 heteroatoms. The first-order chi connectivity index (χ1) is 9.65. The lowest BCUT2D eigenvalue weighted by atomic mass is 9.75. The number of rotatable bonds is 2. The summed E-state index contributed by atoms with van der Waals surface area (Å²) in [4.78, 5) is 2.57. The van der Waals surface area contributed by atoms with Crippen LogP contribution in [0, 0.1) is 11.8 Å². The van der Waals surface area contributed by atoms with Crippen molar-refractivity contribution >= 4 is 21.6 Å². The quantitative estimate of drug-likeness (QED) is 0.862. The van der Waals surface area contributed by atoms with E-state index < -0.39 is 0 Å². The zero-order valence-electron chi connectivity index (χ0n) is 12.3. The van der Waals surface area contributed by atoms with Crippen LogP contribution in [0.15, 0.2) is 22.7 Å². The minimum absolute atomic E-state index is 0.0857. The number of hydrogen-bond acceptors (Lipinski definition) is 2. The Balaban J connectivity index is 1.75. The Labute approximate surface area is 130 Å². The van der Waals surface area contributed by atoms with Gasteiger partial charge in [-0.1, -0.05) is 41.3 Å². The van der Waals surface area contributed by atoms with E-state index in [1.165, 1.54) is 56.4 Å². The molecule has 1 aliphatic carbocycles. The zero-order valence-corrected chi connectivity index (χ0v) is 13.9. The highest BCUT2D eigenvalue weighted by Crippen LogP contribution is 2.38. The van der Waals surface area contributed by atoms with Gasteiger partial charge in [0, 0.05) is 29.3 Å². The molecule has 0 aromatic heterocycles. The van der Waals surface area contributed by atoms with Crippen molar-refractivity contribution in [2.45, 2.75) is 45.1 Å². The summed E-state index contributed by atoms with van der Waals surface area (Å²) in [5.74, 6) is 1.91. The maximum atomic E-state index is 5.99. The summed E-state index contributed by atoms with van der Waals surface area (Å²) in [6, 6.07) is 6.76. The maximum absolute atomic E-state index is 5.99. The van der Waals surface area contributed by atoms with E-state index in [1.54, 1.807) is 0 Å². The minimum atomic E-state index is 0.0857. The van der Waals surface area contributed by atoms with Gasteiger partial charge in [0.2, 0.25) is 0 Å². The summed E-state index contributed by atoms with van der Waals surface area (Å²) in [6.07, 6.45) is 7.15. The van der Waals surface area contributed by atoms with Crippen LogP contribution in [0.3, 0.4) is 0 Å². The first-order valence-corrected chi connectivity index (χ1v) is 8.74. The molecule has 2 fully saturated rings. The molecule has 1 aromatic carbocycles. The Morgan fingerprint density at radius 3 is 2.65 bits per heavy atom. The Bertz CT molecular complexity index is 472. The van der Waals surface area contributed by atoms with Gasteiger partial charge in [-0.2, -0.15) is 0 Å². The molecule has 0 spiro atoms. The van der Waals surface area contributed by atoms with Crippen molar-refractivity contribution in [1.82, 2.24) is 0 Å². The molecule has 1 saturated heterocycles. The third kappa shape index (κ3) is 2.89. The lowest BCUT2D eigenvalue weighted by molar-refractivity contribution is 0.202. The first-order valence-electron chi connectivity index (χ1n) is 7.95. The number of piperidine rings is 1. The molecule has 1 saturated carbocycles. The van der Waals surface area contributed by atoms with E-state index >= 15 is 0 Å². The molecule has 3 atom stereocenters. The monoisotopic (exact) mass is 336 g/mol. The van der Waals surface area contributed by atoms with E-state index in [0.29, 0.717) is 0 Å². The summed E-state index contributed by atoms with van der Waals surface area (Å²) >= 11 is 3.68.